The number of rotatable bonds is 10. The summed E-state index contributed by atoms with van der Waals surface area (Å²) >= 11 is 0. The second-order valence-electron chi connectivity index (χ2n) is 8.20. The first kappa shape index (κ1) is 25.4. The largest absolute Gasteiger partial charge is 0.466 e. The number of aromatic nitrogens is 4. The molecule has 0 spiro atoms. The van der Waals surface area contributed by atoms with E-state index in [-0.39, 0.29) is 32.1 Å². The second kappa shape index (κ2) is 11.8. The second-order valence-corrected chi connectivity index (χ2v) is 8.20. The summed E-state index contributed by atoms with van der Waals surface area (Å²) in [5, 5.41) is 3.07. The number of ether oxygens (including phenoxy) is 2. The SMILES string of the molecule is CCOC(=O)CCn1c(=O)nc(Nc2ccc(Oc3ccccn3)cc2)n(Cc2ccc(C)cc2)c1=O. The minimum atomic E-state index is -0.757. The highest BCUT2D eigenvalue weighted by atomic mass is 16.5. The monoisotopic (exact) mass is 501 g/mol. The Kier molecular flexibility index (Phi) is 8.09. The van der Waals surface area contributed by atoms with Crippen LogP contribution in [-0.2, 0) is 22.6 Å². The van der Waals surface area contributed by atoms with Crippen molar-refractivity contribution in [1.82, 2.24) is 19.1 Å². The number of nitrogens with zero attached hydrogens (tertiary/aromatic N) is 4. The van der Waals surface area contributed by atoms with Gasteiger partial charge in [0.05, 0.1) is 19.6 Å². The van der Waals surface area contributed by atoms with Crippen molar-refractivity contribution in [3.8, 4) is 11.6 Å². The van der Waals surface area contributed by atoms with Gasteiger partial charge < -0.3 is 14.8 Å². The Labute approximate surface area is 213 Å². The summed E-state index contributed by atoms with van der Waals surface area (Å²) in [6.07, 6.45) is 1.53. The molecule has 10 nitrogen and oxygen atoms in total. The van der Waals surface area contributed by atoms with Crippen LogP contribution >= 0.6 is 0 Å². The predicted octanol–water partition coefficient (Wildman–Crippen LogP) is 3.65. The molecule has 2 heterocycles. The first-order chi connectivity index (χ1) is 17.9. The minimum Gasteiger partial charge on any atom is -0.466 e. The number of aryl methyl sites for hydroxylation is 1. The van der Waals surface area contributed by atoms with Crippen LogP contribution in [0.1, 0.15) is 24.5 Å². The molecule has 190 valence electrons. The molecule has 4 rings (SSSR count). The maximum absolute atomic E-state index is 13.4. The number of benzene rings is 2. The summed E-state index contributed by atoms with van der Waals surface area (Å²) in [6.45, 7) is 3.93. The molecule has 0 aliphatic rings. The highest BCUT2D eigenvalue weighted by Crippen LogP contribution is 2.22. The molecular formula is C27H27N5O5. The highest BCUT2D eigenvalue weighted by molar-refractivity contribution is 5.69. The molecule has 2 aromatic heterocycles. The number of hydrogen-bond acceptors (Lipinski definition) is 8. The first-order valence-corrected chi connectivity index (χ1v) is 11.8. The molecule has 0 saturated heterocycles. The van der Waals surface area contributed by atoms with Crippen LogP contribution in [0, 0.1) is 6.92 Å². The van der Waals surface area contributed by atoms with Crippen LogP contribution in [0.4, 0.5) is 11.6 Å². The van der Waals surface area contributed by atoms with Crippen LogP contribution < -0.4 is 21.4 Å². The van der Waals surface area contributed by atoms with Gasteiger partial charge in [0.25, 0.3) is 0 Å². The van der Waals surface area contributed by atoms with E-state index in [0.29, 0.717) is 17.3 Å². The number of hydrogen-bond donors (Lipinski definition) is 1. The topological polar surface area (TPSA) is 117 Å². The molecule has 0 fully saturated rings. The molecular weight excluding hydrogens is 474 g/mol. The van der Waals surface area contributed by atoms with Gasteiger partial charge in [-0.15, -0.1) is 0 Å². The van der Waals surface area contributed by atoms with Crippen molar-refractivity contribution in [2.24, 2.45) is 0 Å². The standard InChI is InChI=1S/C27H27N5O5/c1-3-36-24(33)15-17-31-26(34)30-25(32(27(31)35)18-20-9-7-19(2)8-10-20)29-21-11-13-22(14-12-21)37-23-6-4-5-16-28-23/h4-14,16H,3,15,17-18H2,1-2H3,(H,29,30,34). The van der Waals surface area contributed by atoms with Gasteiger partial charge in [0.1, 0.15) is 5.75 Å². The van der Waals surface area contributed by atoms with Crippen LogP contribution in [0.2, 0.25) is 0 Å². The summed E-state index contributed by atoms with van der Waals surface area (Å²) < 4.78 is 12.9. The molecule has 0 unspecified atom stereocenters. The Morgan fingerprint density at radius 3 is 2.41 bits per heavy atom. The summed E-state index contributed by atoms with van der Waals surface area (Å²) in [5.74, 6) is 0.627. The molecule has 0 bridgehead atoms. The van der Waals surface area contributed by atoms with Crippen LogP contribution in [0.3, 0.4) is 0 Å². The molecule has 4 aromatic rings. The van der Waals surface area contributed by atoms with Crippen LogP contribution in [-0.4, -0.2) is 31.7 Å². The lowest BCUT2D eigenvalue weighted by molar-refractivity contribution is -0.143. The normalized spacial score (nSPS) is 10.6. The van der Waals surface area contributed by atoms with Gasteiger partial charge in [-0.05, 0) is 49.7 Å². The van der Waals surface area contributed by atoms with Crippen molar-refractivity contribution in [3.63, 3.8) is 0 Å². The van der Waals surface area contributed by atoms with E-state index in [2.05, 4.69) is 15.3 Å². The molecule has 0 amide bonds. The third-order valence-corrected chi connectivity index (χ3v) is 5.43. The van der Waals surface area contributed by atoms with Gasteiger partial charge >= 0.3 is 17.3 Å². The first-order valence-electron chi connectivity index (χ1n) is 11.8. The molecule has 0 radical (unpaired) electrons. The van der Waals surface area contributed by atoms with E-state index in [9.17, 15) is 14.4 Å². The zero-order chi connectivity index (χ0) is 26.2. The molecule has 37 heavy (non-hydrogen) atoms. The number of nitrogens with one attached hydrogen (secondary N) is 1. The lowest BCUT2D eigenvalue weighted by atomic mass is 10.1. The van der Waals surface area contributed by atoms with Crippen LogP contribution in [0.15, 0.2) is 82.5 Å². The van der Waals surface area contributed by atoms with Crippen LogP contribution in [0.5, 0.6) is 11.6 Å². The fourth-order valence-electron chi connectivity index (χ4n) is 3.53. The van der Waals surface area contributed by atoms with E-state index < -0.39 is 17.3 Å². The lowest BCUT2D eigenvalue weighted by Crippen LogP contribution is -2.43. The molecule has 0 atom stereocenters. The van der Waals surface area contributed by atoms with Crippen molar-refractivity contribution < 1.29 is 14.3 Å². The van der Waals surface area contributed by atoms with Gasteiger partial charge in [-0.1, -0.05) is 35.9 Å². The average Bonchev–Trinajstić information content (AvgIpc) is 2.89. The molecule has 0 aliphatic carbocycles. The maximum Gasteiger partial charge on any atom is 0.354 e. The molecule has 1 N–H and O–H groups in total. The van der Waals surface area contributed by atoms with E-state index in [4.69, 9.17) is 9.47 Å². The van der Waals surface area contributed by atoms with Gasteiger partial charge in [-0.25, -0.2) is 19.1 Å². The van der Waals surface area contributed by atoms with E-state index in [0.717, 1.165) is 15.7 Å². The van der Waals surface area contributed by atoms with Gasteiger partial charge in [0.2, 0.25) is 11.8 Å². The fourth-order valence-corrected chi connectivity index (χ4v) is 3.53. The molecule has 10 heteroatoms. The Hall–Kier alpha value is -4.73. The maximum atomic E-state index is 13.4. The van der Waals surface area contributed by atoms with Crippen molar-refractivity contribution in [3.05, 3.63) is 105 Å². The Morgan fingerprint density at radius 1 is 0.973 bits per heavy atom. The number of carbonyl (C=O) groups is 1. The third kappa shape index (κ3) is 6.69. The summed E-state index contributed by atoms with van der Waals surface area (Å²) in [5.41, 5.74) is 1.20. The van der Waals surface area contributed by atoms with Crippen molar-refractivity contribution in [2.75, 3.05) is 11.9 Å². The average molecular weight is 502 g/mol. The Bertz CT molecular complexity index is 1460. The van der Waals surface area contributed by atoms with Crippen LogP contribution in [0.25, 0.3) is 0 Å². The van der Waals surface area contributed by atoms with E-state index in [1.807, 2.05) is 37.3 Å². The third-order valence-electron chi connectivity index (χ3n) is 5.43. The smallest absolute Gasteiger partial charge is 0.354 e. The number of anilines is 2. The number of carbonyl (C=O) groups excluding carboxylic acids is 1. The van der Waals surface area contributed by atoms with Gasteiger partial charge in [-0.3, -0.25) is 9.36 Å². The van der Waals surface area contributed by atoms with Gasteiger partial charge in [0.15, 0.2) is 0 Å². The molecule has 0 aliphatic heterocycles. The van der Waals surface area contributed by atoms with Crippen molar-refractivity contribution in [2.45, 2.75) is 33.4 Å². The summed E-state index contributed by atoms with van der Waals surface area (Å²) in [6, 6.07) is 20.0. The summed E-state index contributed by atoms with van der Waals surface area (Å²) in [4.78, 5) is 46.2. The predicted molar refractivity (Wildman–Crippen MR) is 138 cm³/mol. The van der Waals surface area contributed by atoms with Gasteiger partial charge in [-0.2, -0.15) is 4.98 Å². The highest BCUT2D eigenvalue weighted by Gasteiger charge is 2.15. The minimum absolute atomic E-state index is 0.0846. The molecule has 2 aromatic carbocycles. The lowest BCUT2D eigenvalue weighted by Gasteiger charge is -2.16. The zero-order valence-corrected chi connectivity index (χ0v) is 20.6. The quantitative estimate of drug-likeness (QED) is 0.327. The van der Waals surface area contributed by atoms with E-state index in [1.54, 1.807) is 49.5 Å². The number of pyridine rings is 1. The zero-order valence-electron chi connectivity index (χ0n) is 20.6. The van der Waals surface area contributed by atoms with E-state index in [1.165, 1.54) is 4.57 Å². The van der Waals surface area contributed by atoms with Crippen molar-refractivity contribution in [1.29, 1.82) is 0 Å². The van der Waals surface area contributed by atoms with Crippen molar-refractivity contribution >= 4 is 17.6 Å². The van der Waals surface area contributed by atoms with E-state index >= 15 is 0 Å². The van der Waals surface area contributed by atoms with Gasteiger partial charge in [0, 0.05) is 24.5 Å². The Balaban J connectivity index is 1.62. The number of esters is 1. The molecule has 0 saturated carbocycles. The fraction of sp³-hybridized carbons (Fsp3) is 0.222. The summed E-state index contributed by atoms with van der Waals surface area (Å²) in [7, 11) is 0. The Morgan fingerprint density at radius 2 is 1.73 bits per heavy atom.